The number of aliphatic hydroxyl groups is 1. The maximum atomic E-state index is 11.9. The molecule has 1 rings (SSSR count). The van der Waals surface area contributed by atoms with Crippen molar-refractivity contribution in [3.05, 3.63) is 36.0 Å². The number of nitrogens with zero attached hydrogens (tertiary/aromatic N) is 1. The lowest BCUT2D eigenvalue weighted by Gasteiger charge is -2.05. The number of rotatable bonds is 8. The summed E-state index contributed by atoms with van der Waals surface area (Å²) in [4.78, 5) is 11.9. The average Bonchev–Trinajstić information content (AvgIpc) is 2.49. The number of nitrogen functional groups attached to an aromatic ring is 1. The quantitative estimate of drug-likeness (QED) is 0.250. The summed E-state index contributed by atoms with van der Waals surface area (Å²) in [5, 5.41) is 23.2. The first-order valence-electron chi connectivity index (χ1n) is 6.78. The second kappa shape index (κ2) is 9.39. The molecule has 0 atom stereocenters. The minimum Gasteiger partial charge on any atom is -0.399 e. The Morgan fingerprint density at radius 3 is 2.62 bits per heavy atom. The molecule has 0 unspecified atom stereocenters. The maximum absolute atomic E-state index is 11.9. The molecule has 6 heteroatoms. The number of unbranched alkanes of at least 4 members (excludes halogenated alkanes) is 2. The van der Waals surface area contributed by atoms with E-state index in [0.717, 1.165) is 19.3 Å². The Hall–Kier alpha value is -2.52. The Morgan fingerprint density at radius 2 is 2.00 bits per heavy atom. The fourth-order valence-electron chi connectivity index (χ4n) is 1.60. The van der Waals surface area contributed by atoms with Gasteiger partial charge < -0.3 is 21.5 Å². The highest BCUT2D eigenvalue weighted by atomic mass is 16.2. The van der Waals surface area contributed by atoms with Gasteiger partial charge in [-0.05, 0) is 43.5 Å². The zero-order valence-corrected chi connectivity index (χ0v) is 11.8. The molecule has 0 bridgehead atoms. The first kappa shape index (κ1) is 16.5. The molecule has 0 fully saturated rings. The maximum Gasteiger partial charge on any atom is 0.267 e. The van der Waals surface area contributed by atoms with Crippen LogP contribution in [-0.4, -0.2) is 24.2 Å². The molecule has 0 spiro atoms. The van der Waals surface area contributed by atoms with Crippen LogP contribution in [-0.2, 0) is 4.79 Å². The van der Waals surface area contributed by atoms with E-state index in [1.54, 1.807) is 24.3 Å². The summed E-state index contributed by atoms with van der Waals surface area (Å²) in [5.41, 5.74) is 6.75. The fourth-order valence-corrected chi connectivity index (χ4v) is 1.60. The molecule has 1 amide bonds. The van der Waals surface area contributed by atoms with Gasteiger partial charge in [0, 0.05) is 30.7 Å². The predicted octanol–water partition coefficient (Wildman–Crippen LogP) is 1.37. The molecule has 0 aromatic heterocycles. The van der Waals surface area contributed by atoms with Gasteiger partial charge in [-0.1, -0.05) is 0 Å². The fraction of sp³-hybridized carbons (Fsp3) is 0.333. The number of hydrogen-bond acceptors (Lipinski definition) is 5. The van der Waals surface area contributed by atoms with Crippen molar-refractivity contribution < 1.29 is 9.90 Å². The molecule has 0 aliphatic heterocycles. The van der Waals surface area contributed by atoms with E-state index in [9.17, 15) is 4.79 Å². The van der Waals surface area contributed by atoms with Crippen LogP contribution in [0.2, 0.25) is 0 Å². The third-order valence-electron chi connectivity index (χ3n) is 2.76. The standard InChI is InChI=1S/C15H20N4O2/c16-10-12(11-18-8-2-1-3-9-20)15(21)19-14-6-4-13(17)5-7-14/h4-7,11,18,20H,1-3,8-9,17H2,(H,19,21)/b12-11-. The molecule has 1 aromatic rings. The monoisotopic (exact) mass is 288 g/mol. The molecular formula is C15H20N4O2. The van der Waals surface area contributed by atoms with Gasteiger partial charge in [-0.3, -0.25) is 4.79 Å². The van der Waals surface area contributed by atoms with Crippen molar-refractivity contribution in [3.63, 3.8) is 0 Å². The molecule has 0 saturated heterocycles. The van der Waals surface area contributed by atoms with Crippen molar-refractivity contribution in [2.75, 3.05) is 24.2 Å². The summed E-state index contributed by atoms with van der Waals surface area (Å²) in [5.74, 6) is -0.467. The van der Waals surface area contributed by atoms with Crippen LogP contribution < -0.4 is 16.4 Å². The Labute approximate surface area is 124 Å². The minimum atomic E-state index is -0.467. The second-order valence-corrected chi connectivity index (χ2v) is 4.48. The summed E-state index contributed by atoms with van der Waals surface area (Å²) in [6.45, 7) is 0.837. The van der Waals surface area contributed by atoms with Crippen LogP contribution in [0.1, 0.15) is 19.3 Å². The number of amides is 1. The number of hydrogen-bond donors (Lipinski definition) is 4. The highest BCUT2D eigenvalue weighted by Gasteiger charge is 2.08. The number of nitrogens with one attached hydrogen (secondary N) is 2. The number of anilines is 2. The van der Waals surface area contributed by atoms with Gasteiger partial charge in [0.1, 0.15) is 11.6 Å². The molecule has 5 N–H and O–H groups in total. The minimum absolute atomic E-state index is 0.00832. The Balaban J connectivity index is 2.45. The molecular weight excluding hydrogens is 268 g/mol. The Bertz CT molecular complexity index is 517. The lowest BCUT2D eigenvalue weighted by atomic mass is 10.2. The van der Waals surface area contributed by atoms with E-state index in [1.165, 1.54) is 6.20 Å². The van der Waals surface area contributed by atoms with Crippen molar-refractivity contribution in [2.24, 2.45) is 0 Å². The first-order chi connectivity index (χ1) is 10.2. The van der Waals surface area contributed by atoms with E-state index < -0.39 is 5.91 Å². The van der Waals surface area contributed by atoms with Crippen LogP contribution in [0, 0.1) is 11.3 Å². The molecule has 0 radical (unpaired) electrons. The van der Waals surface area contributed by atoms with Gasteiger partial charge in [0.25, 0.3) is 5.91 Å². The Kier molecular flexibility index (Phi) is 7.40. The van der Waals surface area contributed by atoms with E-state index in [2.05, 4.69) is 10.6 Å². The van der Waals surface area contributed by atoms with Gasteiger partial charge in [-0.25, -0.2) is 0 Å². The van der Waals surface area contributed by atoms with E-state index in [0.29, 0.717) is 17.9 Å². The summed E-state index contributed by atoms with van der Waals surface area (Å²) >= 11 is 0. The van der Waals surface area contributed by atoms with Crippen LogP contribution in [0.3, 0.4) is 0 Å². The van der Waals surface area contributed by atoms with Crippen molar-refractivity contribution >= 4 is 17.3 Å². The van der Waals surface area contributed by atoms with E-state index in [4.69, 9.17) is 16.1 Å². The van der Waals surface area contributed by atoms with Crippen molar-refractivity contribution in [2.45, 2.75) is 19.3 Å². The topological polar surface area (TPSA) is 111 Å². The number of nitrogens with two attached hydrogens (primary N) is 1. The summed E-state index contributed by atoms with van der Waals surface area (Å²) in [6.07, 6.45) is 3.94. The summed E-state index contributed by atoms with van der Waals surface area (Å²) in [6, 6.07) is 8.54. The molecule has 0 aliphatic carbocycles. The summed E-state index contributed by atoms with van der Waals surface area (Å²) in [7, 11) is 0. The predicted molar refractivity (Wildman–Crippen MR) is 82.1 cm³/mol. The molecule has 0 saturated carbocycles. The highest BCUT2D eigenvalue weighted by molar-refractivity contribution is 6.06. The number of carbonyl (C=O) groups is 1. The van der Waals surface area contributed by atoms with Gasteiger partial charge in [0.2, 0.25) is 0 Å². The van der Waals surface area contributed by atoms with Gasteiger partial charge in [0.05, 0.1) is 0 Å². The van der Waals surface area contributed by atoms with E-state index in [-0.39, 0.29) is 12.2 Å². The van der Waals surface area contributed by atoms with E-state index in [1.807, 2.05) is 6.07 Å². The average molecular weight is 288 g/mol. The van der Waals surface area contributed by atoms with Crippen LogP contribution >= 0.6 is 0 Å². The molecule has 112 valence electrons. The smallest absolute Gasteiger partial charge is 0.267 e. The zero-order chi connectivity index (χ0) is 15.5. The van der Waals surface area contributed by atoms with Crippen molar-refractivity contribution in [1.29, 1.82) is 5.26 Å². The van der Waals surface area contributed by atoms with Crippen molar-refractivity contribution in [3.8, 4) is 6.07 Å². The van der Waals surface area contributed by atoms with Crippen LogP contribution in [0.15, 0.2) is 36.0 Å². The van der Waals surface area contributed by atoms with Gasteiger partial charge in [-0.15, -0.1) is 0 Å². The Morgan fingerprint density at radius 1 is 1.29 bits per heavy atom. The largest absolute Gasteiger partial charge is 0.399 e. The normalized spacial score (nSPS) is 10.8. The molecule has 1 aromatic carbocycles. The molecule has 0 aliphatic rings. The number of nitriles is 1. The second-order valence-electron chi connectivity index (χ2n) is 4.48. The van der Waals surface area contributed by atoms with Gasteiger partial charge in [0.15, 0.2) is 0 Å². The van der Waals surface area contributed by atoms with Crippen LogP contribution in [0.5, 0.6) is 0 Å². The SMILES string of the molecule is N#C/C(=C/NCCCCCO)C(=O)Nc1ccc(N)cc1. The van der Waals surface area contributed by atoms with Crippen LogP contribution in [0.4, 0.5) is 11.4 Å². The lowest BCUT2D eigenvalue weighted by Crippen LogP contribution is -2.17. The lowest BCUT2D eigenvalue weighted by molar-refractivity contribution is -0.112. The molecule has 6 nitrogen and oxygen atoms in total. The van der Waals surface area contributed by atoms with Crippen molar-refractivity contribution in [1.82, 2.24) is 5.32 Å². The number of aliphatic hydroxyl groups excluding tert-OH is 1. The number of carbonyl (C=O) groups excluding carboxylic acids is 1. The third kappa shape index (κ3) is 6.45. The van der Waals surface area contributed by atoms with Crippen LogP contribution in [0.25, 0.3) is 0 Å². The number of benzene rings is 1. The van der Waals surface area contributed by atoms with E-state index >= 15 is 0 Å². The highest BCUT2D eigenvalue weighted by Crippen LogP contribution is 2.11. The summed E-state index contributed by atoms with van der Waals surface area (Å²) < 4.78 is 0. The zero-order valence-electron chi connectivity index (χ0n) is 11.8. The molecule has 21 heavy (non-hydrogen) atoms. The van der Waals surface area contributed by atoms with Gasteiger partial charge in [-0.2, -0.15) is 5.26 Å². The first-order valence-corrected chi connectivity index (χ1v) is 6.78. The van der Waals surface area contributed by atoms with Gasteiger partial charge >= 0.3 is 0 Å². The molecule has 0 heterocycles. The third-order valence-corrected chi connectivity index (χ3v) is 2.76.